The number of hydrogen-bond acceptors (Lipinski definition) is 9. The van der Waals surface area contributed by atoms with Crippen LogP contribution in [0.25, 0.3) is 264 Å². The van der Waals surface area contributed by atoms with Gasteiger partial charge in [-0.05, 0) is 209 Å². The van der Waals surface area contributed by atoms with E-state index in [0.29, 0.717) is 34.9 Å². The maximum absolute atomic E-state index is 7.09. The van der Waals surface area contributed by atoms with Crippen LogP contribution >= 0.6 is 11.3 Å². The molecule has 2 unspecified atom stereocenters. The van der Waals surface area contributed by atoms with E-state index in [1.54, 1.807) is 0 Å². The third-order valence-electron chi connectivity index (χ3n) is 26.9. The van der Waals surface area contributed by atoms with Crippen LogP contribution in [0.3, 0.4) is 0 Å². The molecular weight excluding hydrogens is 1590 g/mol. The van der Waals surface area contributed by atoms with Crippen molar-refractivity contribution >= 4 is 162 Å². The number of hydrogen-bond donors (Lipinski definition) is 0. The molecule has 8 nitrogen and oxygen atoms in total. The standard InChI is InChI=1S/C120H70N6O2S/c1-2-20-76-61-84(48-35-69(76)17-1)116-124-119(126-120(125-116)106-63-80-21-5-8-24-90(80)94-25-9-10-26-95(94)106)99-28-12-11-27-96(99)98-31-16-34-108-112(98)101-32-15-30-93(114(101)128-108)83-54-58-110-105(62-83)97-57-53-79(68-111(97)129-110)77-51-55-91-81(59-77)46-47-82-60-78(52-56-92(82)91)87-66-104(113-100-29-13-14-33-107(100)127-109(113)67-87)74-40-44-75(45-41-74)115-121-117(85-49-42-72-38-36-70-18-3-6-22-88(70)102(72)64-85)123-118(122-115)86-50-43-73-39-37-71-19-4-7-23-89(71)103(73)65-86/h1-68,72,102H. The van der Waals surface area contributed by atoms with Crippen molar-refractivity contribution in [1.29, 1.82) is 0 Å². The van der Waals surface area contributed by atoms with Crippen LogP contribution in [-0.4, -0.2) is 29.9 Å². The molecule has 0 saturated heterocycles. The average molecular weight is 1660 g/mol. The van der Waals surface area contributed by atoms with Gasteiger partial charge in [0.05, 0.1) is 0 Å². The molecule has 9 heteroatoms. The van der Waals surface area contributed by atoms with Gasteiger partial charge in [0.15, 0.2) is 34.9 Å². The third-order valence-corrected chi connectivity index (χ3v) is 28.0. The van der Waals surface area contributed by atoms with Gasteiger partial charge in [-0.15, -0.1) is 11.3 Å². The van der Waals surface area contributed by atoms with Crippen LogP contribution in [0.4, 0.5) is 0 Å². The number of benzene rings is 20. The molecule has 0 saturated carbocycles. The minimum atomic E-state index is 0.160. The fourth-order valence-corrected chi connectivity index (χ4v) is 21.7. The molecule has 129 heavy (non-hydrogen) atoms. The lowest BCUT2D eigenvalue weighted by Gasteiger charge is -2.28. The number of furan rings is 2. The molecule has 25 aromatic rings. The van der Waals surface area contributed by atoms with Crippen LogP contribution < -0.4 is 0 Å². The smallest absolute Gasteiger partial charge is 0.164 e. The summed E-state index contributed by atoms with van der Waals surface area (Å²) in [7, 11) is 0. The molecule has 0 fully saturated rings. The van der Waals surface area contributed by atoms with Crippen LogP contribution in [0.5, 0.6) is 0 Å². The van der Waals surface area contributed by atoms with Crippen molar-refractivity contribution in [2.45, 2.75) is 5.92 Å². The Hall–Kier alpha value is -16.7. The van der Waals surface area contributed by atoms with Crippen molar-refractivity contribution in [3.8, 4) is 113 Å². The van der Waals surface area contributed by atoms with Gasteiger partial charge in [-0.3, -0.25) is 0 Å². The lowest BCUT2D eigenvalue weighted by molar-refractivity contribution is 0.669. The molecule has 0 amide bonds. The normalized spacial score (nSPS) is 13.9. The zero-order chi connectivity index (χ0) is 84.5. The molecule has 0 spiro atoms. The van der Waals surface area contributed by atoms with Crippen molar-refractivity contribution in [3.63, 3.8) is 0 Å². The summed E-state index contributed by atoms with van der Waals surface area (Å²) in [5, 5.41) is 22.9. The Bertz CT molecular complexity index is 9250. The van der Waals surface area contributed by atoms with Crippen molar-refractivity contribution in [2.24, 2.45) is 5.92 Å². The molecule has 0 N–H and O–H groups in total. The van der Waals surface area contributed by atoms with Crippen LogP contribution in [0, 0.1) is 5.92 Å². The maximum Gasteiger partial charge on any atom is 0.164 e. The zero-order valence-corrected chi connectivity index (χ0v) is 70.1. The topological polar surface area (TPSA) is 104 Å². The maximum atomic E-state index is 7.09. The van der Waals surface area contributed by atoms with E-state index in [-0.39, 0.29) is 11.8 Å². The zero-order valence-electron chi connectivity index (χ0n) is 69.3. The van der Waals surface area contributed by atoms with Crippen LogP contribution in [0.2, 0.25) is 0 Å². The summed E-state index contributed by atoms with van der Waals surface area (Å²) in [5.74, 6) is 4.08. The van der Waals surface area contributed by atoms with Crippen molar-refractivity contribution in [1.82, 2.24) is 29.9 Å². The second kappa shape index (κ2) is 28.9. The predicted molar refractivity (Wildman–Crippen MR) is 536 cm³/mol. The van der Waals surface area contributed by atoms with Crippen molar-refractivity contribution < 1.29 is 8.83 Å². The minimum Gasteiger partial charge on any atom is -0.456 e. The van der Waals surface area contributed by atoms with Gasteiger partial charge in [-0.1, -0.05) is 340 Å². The second-order valence-corrected chi connectivity index (χ2v) is 35.3. The van der Waals surface area contributed by atoms with Crippen molar-refractivity contribution in [2.75, 3.05) is 0 Å². The summed E-state index contributed by atoms with van der Waals surface area (Å²) >= 11 is 1.84. The van der Waals surface area contributed by atoms with E-state index in [2.05, 4.69) is 406 Å². The third kappa shape index (κ3) is 12.0. The number of fused-ring (bicyclic) bond motifs is 22. The number of allylic oxidation sites excluding steroid dienone is 5. The first-order chi connectivity index (χ1) is 63.8. The highest BCUT2D eigenvalue weighted by Crippen LogP contribution is 2.49. The van der Waals surface area contributed by atoms with Gasteiger partial charge in [0.1, 0.15) is 22.3 Å². The van der Waals surface area contributed by atoms with Gasteiger partial charge < -0.3 is 8.83 Å². The lowest BCUT2D eigenvalue weighted by Crippen LogP contribution is -2.15. The highest BCUT2D eigenvalue weighted by atomic mass is 32.1. The monoisotopic (exact) mass is 1660 g/mol. The first kappa shape index (κ1) is 72.7. The molecular formula is C120H70N6O2S. The van der Waals surface area contributed by atoms with E-state index in [1.807, 2.05) is 17.4 Å². The Labute approximate surface area is 743 Å². The molecule has 598 valence electrons. The molecule has 0 radical (unpaired) electrons. The number of para-hydroxylation sites is 2. The summed E-state index contributed by atoms with van der Waals surface area (Å²) in [5.41, 5.74) is 22.2. The van der Waals surface area contributed by atoms with Gasteiger partial charge in [-0.25, -0.2) is 29.9 Å². The van der Waals surface area contributed by atoms with E-state index in [4.69, 9.17) is 38.7 Å². The summed E-state index contributed by atoms with van der Waals surface area (Å²) in [6.07, 6.45) is 11.4. The molecule has 0 aliphatic heterocycles. The first-order valence-electron chi connectivity index (χ1n) is 43.9. The fraction of sp³-hybridized carbons (Fsp3) is 0.0167. The van der Waals surface area contributed by atoms with Gasteiger partial charge >= 0.3 is 0 Å². The lowest BCUT2D eigenvalue weighted by atomic mass is 9.76. The highest BCUT2D eigenvalue weighted by molar-refractivity contribution is 7.25. The number of rotatable bonds is 11. The fourth-order valence-electron chi connectivity index (χ4n) is 20.5. The van der Waals surface area contributed by atoms with Crippen LogP contribution in [0.1, 0.15) is 22.9 Å². The molecule has 2 aliphatic carbocycles. The van der Waals surface area contributed by atoms with E-state index in [9.17, 15) is 0 Å². The van der Waals surface area contributed by atoms with E-state index >= 15 is 0 Å². The summed E-state index contributed by atoms with van der Waals surface area (Å²) < 4.78 is 16.3. The summed E-state index contributed by atoms with van der Waals surface area (Å²) in [6.45, 7) is 0. The number of aromatic nitrogens is 6. The van der Waals surface area contributed by atoms with Gasteiger partial charge in [0, 0.05) is 92.5 Å². The summed E-state index contributed by atoms with van der Waals surface area (Å²) in [6, 6.07) is 138. The average Bonchev–Trinajstić information content (AvgIpc) is 1.65. The Morgan fingerprint density at radius 3 is 1.55 bits per heavy atom. The Kier molecular flexibility index (Phi) is 16.3. The molecule has 0 bridgehead atoms. The molecule has 5 aromatic heterocycles. The van der Waals surface area contributed by atoms with E-state index in [0.717, 1.165) is 159 Å². The Morgan fingerprint density at radius 1 is 0.225 bits per heavy atom. The van der Waals surface area contributed by atoms with Gasteiger partial charge in [0.2, 0.25) is 0 Å². The number of nitrogens with zero attached hydrogens (tertiary/aromatic N) is 6. The first-order valence-corrected chi connectivity index (χ1v) is 44.7. The number of thiophene rings is 1. The largest absolute Gasteiger partial charge is 0.456 e. The molecule has 5 heterocycles. The van der Waals surface area contributed by atoms with E-state index < -0.39 is 0 Å². The van der Waals surface area contributed by atoms with Gasteiger partial charge in [-0.2, -0.15) is 0 Å². The predicted octanol–water partition coefficient (Wildman–Crippen LogP) is 32.3. The highest BCUT2D eigenvalue weighted by Gasteiger charge is 2.29. The molecule has 2 atom stereocenters. The molecule has 27 rings (SSSR count). The summed E-state index contributed by atoms with van der Waals surface area (Å²) in [4.78, 5) is 32.3. The van der Waals surface area contributed by atoms with Gasteiger partial charge in [0.25, 0.3) is 0 Å². The molecule has 20 aromatic carbocycles. The second-order valence-electron chi connectivity index (χ2n) is 34.2. The van der Waals surface area contributed by atoms with Crippen molar-refractivity contribution in [3.05, 3.63) is 423 Å². The molecule has 2 aliphatic rings. The SMILES string of the molecule is C1=CC2C=Cc3ccccc3C2C=C1c1nc(-c2ccc(-c3cc(-c4ccc5c(ccc6cc(-c7ccc8c(c7)sc7ccc(-c9cccc%10c9oc9cccc(-c%11ccccc%11-c%11nc(-c%12ccc%13ccccc%13c%12)nc(-c%12cc%13ccccc%13c%13ccccc%12%13)n%11)c9%10)cc78)ccc65)c4)cc4oc5ccccc5c34)cc2)nc(-c2ccc3ccc4ccccc4c3c2)n1. The Morgan fingerprint density at radius 2 is 0.729 bits per heavy atom. The minimum absolute atomic E-state index is 0.160. The van der Waals surface area contributed by atoms with E-state index in [1.165, 1.54) is 80.1 Å². The van der Waals surface area contributed by atoms with Crippen LogP contribution in [-0.2, 0) is 0 Å². The quantitative estimate of drug-likeness (QED) is 0.118. The Balaban J connectivity index is 0.498. The van der Waals surface area contributed by atoms with Crippen LogP contribution in [0.15, 0.2) is 415 Å².